The van der Waals surface area contributed by atoms with Gasteiger partial charge in [-0.1, -0.05) is 65.3 Å². The van der Waals surface area contributed by atoms with Crippen LogP contribution in [0.3, 0.4) is 0 Å². The Balaban J connectivity index is 1.76. The van der Waals surface area contributed by atoms with Gasteiger partial charge in [-0.05, 0) is 58.9 Å². The maximum atomic E-state index is 12.6. The molecule has 2 amide bonds. The zero-order valence-electron chi connectivity index (χ0n) is 22.4. The van der Waals surface area contributed by atoms with Gasteiger partial charge >= 0.3 is 12.1 Å². The number of aliphatic carboxylic acids is 1. The van der Waals surface area contributed by atoms with E-state index >= 15 is 0 Å². The van der Waals surface area contributed by atoms with E-state index in [9.17, 15) is 19.5 Å². The summed E-state index contributed by atoms with van der Waals surface area (Å²) < 4.78 is 5.13. The lowest BCUT2D eigenvalue weighted by Gasteiger charge is -2.22. The molecule has 0 unspecified atom stereocenters. The average Bonchev–Trinajstić information content (AvgIpc) is 3.21. The van der Waals surface area contributed by atoms with Crippen molar-refractivity contribution >= 4 is 29.7 Å². The van der Waals surface area contributed by atoms with Crippen LogP contribution in [0.15, 0.2) is 65.3 Å². The standard InChI is InChI=1S/C29H40N2O5S/c1-21(2)10-8-11-22(3)12-9-13-23(4)16-17-37-20-25(28(33)34)30-27(32)18-31-26(19-36-29(31)35)24-14-6-5-7-15-24/h5-7,10,12,14-16,25-26H,8-9,11,13,17-20H2,1-4H3,(H,30,32)(H,33,34)/b22-12+,23-16+/t25-,26+/m0/s1. The molecule has 2 N–H and O–H groups in total. The topological polar surface area (TPSA) is 95.9 Å². The monoisotopic (exact) mass is 528 g/mol. The van der Waals surface area contributed by atoms with Crippen molar-refractivity contribution in [1.82, 2.24) is 10.2 Å². The lowest BCUT2D eigenvalue weighted by atomic mass is 10.1. The smallest absolute Gasteiger partial charge is 0.410 e. The van der Waals surface area contributed by atoms with Crippen LogP contribution in [0.2, 0.25) is 0 Å². The van der Waals surface area contributed by atoms with E-state index in [0.29, 0.717) is 5.75 Å². The Morgan fingerprint density at radius 3 is 2.38 bits per heavy atom. The van der Waals surface area contributed by atoms with Gasteiger partial charge < -0.3 is 15.2 Å². The maximum absolute atomic E-state index is 12.6. The number of thioether (sulfide) groups is 1. The van der Waals surface area contributed by atoms with Gasteiger partial charge in [-0.25, -0.2) is 9.59 Å². The van der Waals surface area contributed by atoms with E-state index in [2.05, 4.69) is 51.2 Å². The zero-order valence-corrected chi connectivity index (χ0v) is 23.2. The first kappa shape index (κ1) is 30.2. The number of cyclic esters (lactones) is 1. The minimum absolute atomic E-state index is 0.158. The van der Waals surface area contributed by atoms with Crippen LogP contribution in [-0.2, 0) is 14.3 Å². The molecule has 202 valence electrons. The first-order valence-corrected chi connectivity index (χ1v) is 13.9. The number of nitrogens with zero attached hydrogens (tertiary/aromatic N) is 1. The number of carboxylic acids is 1. The molecule has 1 aromatic rings. The fourth-order valence-electron chi connectivity index (χ4n) is 3.87. The van der Waals surface area contributed by atoms with Crippen molar-refractivity contribution in [2.75, 3.05) is 24.7 Å². The maximum Gasteiger partial charge on any atom is 0.410 e. The van der Waals surface area contributed by atoms with Crippen LogP contribution in [0.4, 0.5) is 4.79 Å². The number of ether oxygens (including phenoxy) is 1. The quantitative estimate of drug-likeness (QED) is 0.217. The summed E-state index contributed by atoms with van der Waals surface area (Å²) in [5, 5.41) is 12.1. The first-order valence-electron chi connectivity index (χ1n) is 12.7. The highest BCUT2D eigenvalue weighted by Gasteiger charge is 2.35. The number of benzene rings is 1. The molecular formula is C29H40N2O5S. The predicted molar refractivity (Wildman–Crippen MR) is 150 cm³/mol. The van der Waals surface area contributed by atoms with Crippen LogP contribution in [-0.4, -0.2) is 58.7 Å². The number of nitrogens with one attached hydrogen (secondary N) is 1. The van der Waals surface area contributed by atoms with Gasteiger partial charge in [-0.3, -0.25) is 9.69 Å². The summed E-state index contributed by atoms with van der Waals surface area (Å²) in [5.41, 5.74) is 4.87. The van der Waals surface area contributed by atoms with Crippen LogP contribution in [0.1, 0.15) is 65.0 Å². The lowest BCUT2D eigenvalue weighted by Crippen LogP contribution is -2.47. The molecule has 0 bridgehead atoms. The van der Waals surface area contributed by atoms with Gasteiger partial charge in [-0.15, -0.1) is 0 Å². The average molecular weight is 529 g/mol. The number of carboxylic acid groups (broad SMARTS) is 1. The molecule has 0 aromatic heterocycles. The minimum Gasteiger partial charge on any atom is -0.480 e. The highest BCUT2D eigenvalue weighted by Crippen LogP contribution is 2.27. The van der Waals surface area contributed by atoms with Crippen molar-refractivity contribution in [1.29, 1.82) is 0 Å². The third kappa shape index (κ3) is 11.3. The number of carbonyl (C=O) groups is 3. The Kier molecular flexibility index (Phi) is 13.0. The fourth-order valence-corrected chi connectivity index (χ4v) is 4.87. The van der Waals surface area contributed by atoms with Crippen LogP contribution in [0.25, 0.3) is 0 Å². The highest BCUT2D eigenvalue weighted by molar-refractivity contribution is 7.99. The van der Waals surface area contributed by atoms with E-state index in [-0.39, 0.29) is 24.9 Å². The van der Waals surface area contributed by atoms with E-state index in [4.69, 9.17) is 4.74 Å². The molecule has 8 heteroatoms. The van der Waals surface area contributed by atoms with Crippen LogP contribution in [0, 0.1) is 0 Å². The summed E-state index contributed by atoms with van der Waals surface area (Å²) in [6.45, 7) is 8.39. The SMILES string of the molecule is CC(C)=CCC/C(C)=C/CC/C(C)=C/CSC[C@H](NC(=O)CN1C(=O)OC[C@@H]1c1ccccc1)C(=O)O. The van der Waals surface area contributed by atoms with Gasteiger partial charge in [0.2, 0.25) is 5.91 Å². The normalized spacial score (nSPS) is 16.8. The second-order valence-corrected chi connectivity index (χ2v) is 10.7. The van der Waals surface area contributed by atoms with Gasteiger partial charge in [0.25, 0.3) is 0 Å². The van der Waals surface area contributed by atoms with Crippen molar-refractivity contribution in [3.8, 4) is 0 Å². The van der Waals surface area contributed by atoms with Crippen LogP contribution in [0.5, 0.6) is 0 Å². The Hall–Kier alpha value is -3.00. The largest absolute Gasteiger partial charge is 0.480 e. The Bertz CT molecular complexity index is 999. The molecule has 0 radical (unpaired) electrons. The Labute approximate surface area is 225 Å². The number of hydrogen-bond donors (Lipinski definition) is 2. The summed E-state index contributed by atoms with van der Waals surface area (Å²) >= 11 is 1.46. The van der Waals surface area contributed by atoms with Crippen molar-refractivity contribution in [2.24, 2.45) is 0 Å². The zero-order chi connectivity index (χ0) is 27.2. The summed E-state index contributed by atoms with van der Waals surface area (Å²) in [4.78, 5) is 37.8. The minimum atomic E-state index is -1.10. The van der Waals surface area contributed by atoms with E-state index in [0.717, 1.165) is 31.2 Å². The molecule has 1 heterocycles. The Morgan fingerprint density at radius 2 is 1.73 bits per heavy atom. The summed E-state index contributed by atoms with van der Waals surface area (Å²) in [6, 6.07) is 7.91. The van der Waals surface area contributed by atoms with Gasteiger partial charge in [0.15, 0.2) is 0 Å². The van der Waals surface area contributed by atoms with Crippen molar-refractivity contribution in [2.45, 2.75) is 65.5 Å². The fraction of sp³-hybridized carbons (Fsp3) is 0.483. The summed E-state index contributed by atoms with van der Waals surface area (Å²) in [6.07, 6.45) is 10.2. The second kappa shape index (κ2) is 16.0. The highest BCUT2D eigenvalue weighted by atomic mass is 32.2. The van der Waals surface area contributed by atoms with Crippen molar-refractivity contribution in [3.05, 3.63) is 70.8 Å². The summed E-state index contributed by atoms with van der Waals surface area (Å²) in [5.74, 6) is -0.713. The molecule has 1 saturated heterocycles. The number of allylic oxidation sites excluding steroid dienone is 5. The van der Waals surface area contributed by atoms with Gasteiger partial charge in [0.05, 0.1) is 6.04 Å². The van der Waals surface area contributed by atoms with E-state index in [1.165, 1.54) is 33.4 Å². The number of amides is 2. The molecule has 2 atom stereocenters. The number of carbonyl (C=O) groups excluding carboxylic acids is 2. The molecule has 0 spiro atoms. The molecular weight excluding hydrogens is 488 g/mol. The third-order valence-electron chi connectivity index (χ3n) is 6.06. The first-order chi connectivity index (χ1) is 17.7. The van der Waals surface area contributed by atoms with Gasteiger partial charge in [-0.2, -0.15) is 11.8 Å². The molecule has 2 rings (SSSR count). The molecule has 37 heavy (non-hydrogen) atoms. The second-order valence-electron chi connectivity index (χ2n) is 9.59. The van der Waals surface area contributed by atoms with Crippen molar-refractivity contribution < 1.29 is 24.2 Å². The number of rotatable bonds is 15. The van der Waals surface area contributed by atoms with Gasteiger partial charge in [0, 0.05) is 11.5 Å². The summed E-state index contributed by atoms with van der Waals surface area (Å²) in [7, 11) is 0. The molecule has 1 aliphatic heterocycles. The van der Waals surface area contributed by atoms with Gasteiger partial charge in [0.1, 0.15) is 19.2 Å². The molecule has 0 saturated carbocycles. The van der Waals surface area contributed by atoms with E-state index in [1.807, 2.05) is 30.3 Å². The third-order valence-corrected chi connectivity index (χ3v) is 7.04. The van der Waals surface area contributed by atoms with Crippen LogP contribution < -0.4 is 5.32 Å². The Morgan fingerprint density at radius 1 is 1.08 bits per heavy atom. The molecule has 1 fully saturated rings. The molecule has 1 aromatic carbocycles. The lowest BCUT2D eigenvalue weighted by molar-refractivity contribution is -0.141. The molecule has 0 aliphatic carbocycles. The molecule has 7 nitrogen and oxygen atoms in total. The predicted octanol–water partition coefficient (Wildman–Crippen LogP) is 5.90. The molecule has 1 aliphatic rings. The van der Waals surface area contributed by atoms with E-state index < -0.39 is 24.0 Å². The van der Waals surface area contributed by atoms with E-state index in [1.54, 1.807) is 0 Å². The number of hydrogen-bond acceptors (Lipinski definition) is 5. The van der Waals surface area contributed by atoms with Crippen LogP contribution >= 0.6 is 11.8 Å². The van der Waals surface area contributed by atoms with Crippen molar-refractivity contribution in [3.63, 3.8) is 0 Å².